The number of esters is 2. The Hall–Kier alpha value is -2.95. The number of methoxy groups -OCH3 is 2. The van der Waals surface area contributed by atoms with E-state index in [1.165, 1.54) is 19.2 Å². The van der Waals surface area contributed by atoms with E-state index in [1.807, 2.05) is 30.3 Å². The number of nitrogens with zero attached hydrogens (tertiary/aromatic N) is 2. The van der Waals surface area contributed by atoms with Gasteiger partial charge in [-0.2, -0.15) is 5.01 Å². The van der Waals surface area contributed by atoms with Crippen LogP contribution in [0.3, 0.4) is 0 Å². The lowest BCUT2D eigenvalue weighted by molar-refractivity contribution is -0.166. The van der Waals surface area contributed by atoms with Crippen molar-refractivity contribution in [2.45, 2.75) is 19.0 Å². The molecular formula is C20H20BrN3O6. The standard InChI is InChI=1S/C20H20BrN3O6/c1-28-18(25)16-23(12-13-6-4-3-5-7-13)24(17(30-16)19(26)29-2)20(27)22-15-10-8-14(21)9-11-15/h3-11,16-17H,12H2,1-2H3,(H,22,27)/t16-,17-/m0/s1. The molecule has 0 spiro atoms. The van der Waals surface area contributed by atoms with E-state index < -0.39 is 30.4 Å². The molecule has 2 aromatic carbocycles. The third kappa shape index (κ3) is 4.78. The Kier molecular flexibility index (Phi) is 7.03. The molecule has 0 aliphatic carbocycles. The van der Waals surface area contributed by atoms with Gasteiger partial charge < -0.3 is 19.5 Å². The zero-order chi connectivity index (χ0) is 21.7. The van der Waals surface area contributed by atoms with Crippen molar-refractivity contribution in [3.05, 3.63) is 64.6 Å². The molecule has 2 amide bonds. The van der Waals surface area contributed by atoms with E-state index in [9.17, 15) is 14.4 Å². The maximum atomic E-state index is 13.1. The fourth-order valence-corrected chi connectivity index (χ4v) is 3.16. The molecule has 1 heterocycles. The number of carbonyl (C=O) groups excluding carboxylic acids is 3. The molecule has 1 aliphatic rings. The lowest BCUT2D eigenvalue weighted by atomic mass is 10.2. The van der Waals surface area contributed by atoms with Crippen LogP contribution in [0.5, 0.6) is 0 Å². The van der Waals surface area contributed by atoms with Crippen molar-refractivity contribution in [1.29, 1.82) is 0 Å². The minimum Gasteiger partial charge on any atom is -0.466 e. The largest absolute Gasteiger partial charge is 0.466 e. The fourth-order valence-electron chi connectivity index (χ4n) is 2.90. The predicted octanol–water partition coefficient (Wildman–Crippen LogP) is 2.73. The number of benzene rings is 2. The summed E-state index contributed by atoms with van der Waals surface area (Å²) in [4.78, 5) is 37.8. The van der Waals surface area contributed by atoms with Gasteiger partial charge in [0.15, 0.2) is 0 Å². The van der Waals surface area contributed by atoms with E-state index in [1.54, 1.807) is 24.3 Å². The van der Waals surface area contributed by atoms with Gasteiger partial charge in [-0.25, -0.2) is 19.4 Å². The Bertz CT molecular complexity index is 909. The second-order valence-electron chi connectivity index (χ2n) is 6.25. The Morgan fingerprint density at radius 1 is 0.967 bits per heavy atom. The van der Waals surface area contributed by atoms with E-state index in [2.05, 4.69) is 21.2 Å². The summed E-state index contributed by atoms with van der Waals surface area (Å²) in [5.74, 6) is -1.58. The monoisotopic (exact) mass is 477 g/mol. The molecule has 3 rings (SSSR count). The molecule has 10 heteroatoms. The van der Waals surface area contributed by atoms with Gasteiger partial charge in [-0.15, -0.1) is 0 Å². The summed E-state index contributed by atoms with van der Waals surface area (Å²) >= 11 is 3.33. The van der Waals surface area contributed by atoms with E-state index in [-0.39, 0.29) is 6.54 Å². The normalized spacial score (nSPS) is 18.7. The number of ether oxygens (including phenoxy) is 3. The number of hydrogen-bond donors (Lipinski definition) is 1. The Morgan fingerprint density at radius 2 is 1.57 bits per heavy atom. The number of halogens is 1. The highest BCUT2D eigenvalue weighted by Crippen LogP contribution is 2.27. The van der Waals surface area contributed by atoms with Gasteiger partial charge in [-0.05, 0) is 29.8 Å². The zero-order valence-electron chi connectivity index (χ0n) is 16.3. The molecule has 0 saturated carbocycles. The highest BCUT2D eigenvalue weighted by atomic mass is 79.9. The molecule has 9 nitrogen and oxygen atoms in total. The first kappa shape index (κ1) is 21.8. The van der Waals surface area contributed by atoms with Crippen molar-refractivity contribution in [2.75, 3.05) is 19.5 Å². The van der Waals surface area contributed by atoms with Crippen LogP contribution < -0.4 is 5.32 Å². The second kappa shape index (κ2) is 9.70. The number of carbonyl (C=O) groups is 3. The quantitative estimate of drug-likeness (QED) is 0.661. The molecule has 1 saturated heterocycles. The Labute approximate surface area is 181 Å². The Balaban J connectivity index is 1.94. The molecule has 1 N–H and O–H groups in total. The van der Waals surface area contributed by atoms with Gasteiger partial charge in [0.1, 0.15) is 0 Å². The minimum absolute atomic E-state index is 0.113. The van der Waals surface area contributed by atoms with Crippen LogP contribution >= 0.6 is 15.9 Å². The maximum absolute atomic E-state index is 13.1. The average Bonchev–Trinajstić information content (AvgIpc) is 3.14. The fraction of sp³-hybridized carbons (Fsp3) is 0.250. The van der Waals surface area contributed by atoms with Gasteiger partial charge in [0.25, 0.3) is 0 Å². The molecule has 1 aliphatic heterocycles. The molecule has 0 radical (unpaired) electrons. The molecule has 2 aromatic rings. The third-order valence-corrected chi connectivity index (χ3v) is 4.85. The van der Waals surface area contributed by atoms with Crippen molar-refractivity contribution < 1.29 is 28.6 Å². The van der Waals surface area contributed by atoms with Crippen LogP contribution in [-0.2, 0) is 30.3 Å². The molecule has 1 fully saturated rings. The number of hydrogen-bond acceptors (Lipinski definition) is 7. The lowest BCUT2D eigenvalue weighted by Gasteiger charge is -2.30. The maximum Gasteiger partial charge on any atom is 0.358 e. The highest BCUT2D eigenvalue weighted by Gasteiger charge is 2.51. The van der Waals surface area contributed by atoms with Crippen molar-refractivity contribution >= 4 is 39.6 Å². The first-order chi connectivity index (χ1) is 14.4. The first-order valence-corrected chi connectivity index (χ1v) is 9.71. The molecule has 2 atom stereocenters. The van der Waals surface area contributed by atoms with Gasteiger partial charge in [-0.3, -0.25) is 0 Å². The van der Waals surface area contributed by atoms with Crippen molar-refractivity contribution in [3.8, 4) is 0 Å². The van der Waals surface area contributed by atoms with Gasteiger partial charge >= 0.3 is 18.0 Å². The van der Waals surface area contributed by atoms with Crippen LogP contribution in [-0.4, -0.2) is 54.7 Å². The molecule has 0 unspecified atom stereocenters. The van der Waals surface area contributed by atoms with Crippen molar-refractivity contribution in [3.63, 3.8) is 0 Å². The summed E-state index contributed by atoms with van der Waals surface area (Å²) in [5, 5.41) is 5.06. The summed E-state index contributed by atoms with van der Waals surface area (Å²) in [7, 11) is 2.37. The lowest BCUT2D eigenvalue weighted by Crippen LogP contribution is -2.52. The van der Waals surface area contributed by atoms with Gasteiger partial charge in [-0.1, -0.05) is 46.3 Å². The van der Waals surface area contributed by atoms with E-state index in [0.717, 1.165) is 15.0 Å². The van der Waals surface area contributed by atoms with Crippen molar-refractivity contribution in [2.24, 2.45) is 0 Å². The van der Waals surface area contributed by atoms with E-state index in [4.69, 9.17) is 14.2 Å². The average molecular weight is 478 g/mol. The summed E-state index contributed by atoms with van der Waals surface area (Å²) < 4.78 is 16.0. The van der Waals surface area contributed by atoms with E-state index >= 15 is 0 Å². The van der Waals surface area contributed by atoms with Crippen LogP contribution in [0.15, 0.2) is 59.1 Å². The summed E-state index contributed by atoms with van der Waals surface area (Å²) in [5.41, 5.74) is 1.29. The number of anilines is 1. The minimum atomic E-state index is -1.46. The van der Waals surface area contributed by atoms with Gasteiger partial charge in [0, 0.05) is 16.7 Å². The number of nitrogens with one attached hydrogen (secondary N) is 1. The number of hydrazine groups is 1. The third-order valence-electron chi connectivity index (χ3n) is 4.32. The Morgan fingerprint density at radius 3 is 2.17 bits per heavy atom. The van der Waals surface area contributed by atoms with Crippen molar-refractivity contribution in [1.82, 2.24) is 10.0 Å². The van der Waals surface area contributed by atoms with Crippen LogP contribution in [0.25, 0.3) is 0 Å². The topological polar surface area (TPSA) is 97.4 Å². The van der Waals surface area contributed by atoms with Crippen LogP contribution in [0.2, 0.25) is 0 Å². The predicted molar refractivity (Wildman–Crippen MR) is 110 cm³/mol. The highest BCUT2D eigenvalue weighted by molar-refractivity contribution is 9.10. The second-order valence-corrected chi connectivity index (χ2v) is 7.17. The van der Waals surface area contributed by atoms with E-state index in [0.29, 0.717) is 5.69 Å². The van der Waals surface area contributed by atoms with Crippen LogP contribution in [0.1, 0.15) is 5.56 Å². The van der Waals surface area contributed by atoms with Gasteiger partial charge in [0.2, 0.25) is 12.5 Å². The first-order valence-electron chi connectivity index (χ1n) is 8.92. The number of urea groups is 1. The molecule has 0 bridgehead atoms. The van der Waals surface area contributed by atoms with Crippen LogP contribution in [0, 0.1) is 0 Å². The SMILES string of the molecule is COC(=O)[C@@H]1O[C@@H](C(=O)OC)N(C(=O)Nc2ccc(Br)cc2)N1Cc1ccccc1. The number of amides is 2. The molecule has 0 aromatic heterocycles. The zero-order valence-corrected chi connectivity index (χ0v) is 17.9. The molecule has 158 valence electrons. The smallest absolute Gasteiger partial charge is 0.358 e. The van der Waals surface area contributed by atoms with Crippen LogP contribution in [0.4, 0.5) is 10.5 Å². The number of rotatable bonds is 5. The summed E-state index contributed by atoms with van der Waals surface area (Å²) in [6.07, 6.45) is -2.77. The summed E-state index contributed by atoms with van der Waals surface area (Å²) in [6, 6.07) is 15.4. The summed E-state index contributed by atoms with van der Waals surface area (Å²) in [6.45, 7) is 0.113. The van der Waals surface area contributed by atoms with Gasteiger partial charge in [0.05, 0.1) is 14.2 Å². The molecule has 30 heavy (non-hydrogen) atoms. The molecular weight excluding hydrogens is 458 g/mol.